The standard InChI is InChI=1S/C15H24O4/c1-4-14(2,3)13(17)19-15(9-5-6-10-15)11-7-8-12(16)18-11/h11H,4-10H2,1-3H3. The minimum absolute atomic E-state index is 0.165. The van der Waals surface area contributed by atoms with Crippen molar-refractivity contribution in [2.45, 2.75) is 77.4 Å². The van der Waals surface area contributed by atoms with E-state index in [-0.39, 0.29) is 18.0 Å². The van der Waals surface area contributed by atoms with Crippen LogP contribution in [0.1, 0.15) is 65.7 Å². The maximum Gasteiger partial charge on any atom is 0.312 e. The number of cyclic esters (lactones) is 1. The molecule has 0 aromatic carbocycles. The predicted octanol–water partition coefficient (Wildman–Crippen LogP) is 2.98. The number of hydrogen-bond donors (Lipinski definition) is 0. The molecule has 1 saturated heterocycles. The van der Waals surface area contributed by atoms with E-state index < -0.39 is 11.0 Å². The quantitative estimate of drug-likeness (QED) is 0.735. The van der Waals surface area contributed by atoms with Gasteiger partial charge in [0.25, 0.3) is 0 Å². The van der Waals surface area contributed by atoms with Crippen LogP contribution < -0.4 is 0 Å². The fraction of sp³-hybridized carbons (Fsp3) is 0.867. The lowest BCUT2D eigenvalue weighted by atomic mass is 9.88. The van der Waals surface area contributed by atoms with Gasteiger partial charge in [0.05, 0.1) is 5.41 Å². The van der Waals surface area contributed by atoms with Crippen molar-refractivity contribution in [3.63, 3.8) is 0 Å². The largest absolute Gasteiger partial charge is 0.458 e. The Hall–Kier alpha value is -1.06. The minimum atomic E-state index is -0.560. The molecule has 1 aliphatic carbocycles. The molecule has 1 atom stereocenters. The average Bonchev–Trinajstić information content (AvgIpc) is 2.99. The Morgan fingerprint density at radius 1 is 1.42 bits per heavy atom. The summed E-state index contributed by atoms with van der Waals surface area (Å²) < 4.78 is 11.3. The molecule has 108 valence electrons. The van der Waals surface area contributed by atoms with Crippen LogP contribution >= 0.6 is 0 Å². The molecule has 0 bridgehead atoms. The summed E-state index contributed by atoms with van der Waals surface area (Å²) in [5.41, 5.74) is -1.03. The summed E-state index contributed by atoms with van der Waals surface area (Å²) in [6.07, 6.45) is 5.33. The molecule has 0 N–H and O–H groups in total. The van der Waals surface area contributed by atoms with Crippen LogP contribution in [0.5, 0.6) is 0 Å². The van der Waals surface area contributed by atoms with Crippen molar-refractivity contribution < 1.29 is 19.1 Å². The number of rotatable bonds is 4. The second-order valence-corrected chi connectivity index (χ2v) is 6.42. The summed E-state index contributed by atoms with van der Waals surface area (Å²) in [7, 11) is 0. The first-order valence-corrected chi connectivity index (χ1v) is 7.32. The topological polar surface area (TPSA) is 52.6 Å². The lowest BCUT2D eigenvalue weighted by molar-refractivity contribution is -0.187. The van der Waals surface area contributed by atoms with Gasteiger partial charge in [0.2, 0.25) is 0 Å². The summed E-state index contributed by atoms with van der Waals surface area (Å²) in [6.45, 7) is 5.79. The third-order valence-electron chi connectivity index (χ3n) is 4.65. The molecule has 1 heterocycles. The van der Waals surface area contributed by atoms with E-state index in [1.54, 1.807) is 0 Å². The van der Waals surface area contributed by atoms with Gasteiger partial charge >= 0.3 is 11.9 Å². The van der Waals surface area contributed by atoms with Gasteiger partial charge in [-0.05, 0) is 52.4 Å². The van der Waals surface area contributed by atoms with E-state index in [0.29, 0.717) is 12.8 Å². The third-order valence-corrected chi connectivity index (χ3v) is 4.65. The Morgan fingerprint density at radius 2 is 2.05 bits per heavy atom. The summed E-state index contributed by atoms with van der Waals surface area (Å²) in [5, 5.41) is 0. The van der Waals surface area contributed by atoms with Crippen molar-refractivity contribution in [2.75, 3.05) is 0 Å². The maximum atomic E-state index is 12.3. The minimum Gasteiger partial charge on any atom is -0.458 e. The summed E-state index contributed by atoms with van der Waals surface area (Å²) >= 11 is 0. The van der Waals surface area contributed by atoms with Crippen LogP contribution in [0.15, 0.2) is 0 Å². The van der Waals surface area contributed by atoms with Crippen LogP contribution in [0, 0.1) is 5.41 Å². The Kier molecular flexibility index (Phi) is 3.88. The molecule has 1 unspecified atom stereocenters. The van der Waals surface area contributed by atoms with E-state index in [9.17, 15) is 9.59 Å². The Balaban J connectivity index is 2.12. The van der Waals surface area contributed by atoms with E-state index in [1.165, 1.54) is 0 Å². The normalized spacial score (nSPS) is 26.3. The summed E-state index contributed by atoms with van der Waals surface area (Å²) in [4.78, 5) is 23.7. The van der Waals surface area contributed by atoms with Crippen LogP contribution in [0.2, 0.25) is 0 Å². The molecule has 0 radical (unpaired) electrons. The molecule has 19 heavy (non-hydrogen) atoms. The summed E-state index contributed by atoms with van der Waals surface area (Å²) in [6, 6.07) is 0. The molecule has 0 aromatic heterocycles. The predicted molar refractivity (Wildman–Crippen MR) is 70.5 cm³/mol. The zero-order chi connectivity index (χ0) is 14.1. The first-order valence-electron chi connectivity index (χ1n) is 7.32. The molecule has 0 spiro atoms. The van der Waals surface area contributed by atoms with Gasteiger partial charge in [-0.2, -0.15) is 0 Å². The van der Waals surface area contributed by atoms with Crippen molar-refractivity contribution >= 4 is 11.9 Å². The highest BCUT2D eigenvalue weighted by Gasteiger charge is 2.50. The molecule has 1 saturated carbocycles. The van der Waals surface area contributed by atoms with Crippen LogP contribution in [-0.4, -0.2) is 23.6 Å². The second kappa shape index (κ2) is 5.14. The molecule has 4 heteroatoms. The Bertz CT molecular complexity index is 366. The highest BCUT2D eigenvalue weighted by molar-refractivity contribution is 5.76. The van der Waals surface area contributed by atoms with Crippen molar-refractivity contribution in [1.82, 2.24) is 0 Å². The van der Waals surface area contributed by atoms with E-state index in [2.05, 4.69) is 0 Å². The van der Waals surface area contributed by atoms with Crippen LogP contribution in [0.3, 0.4) is 0 Å². The molecular formula is C15H24O4. The van der Waals surface area contributed by atoms with Gasteiger partial charge in [-0.1, -0.05) is 6.92 Å². The molecule has 0 amide bonds. The van der Waals surface area contributed by atoms with Crippen molar-refractivity contribution in [3.05, 3.63) is 0 Å². The first-order chi connectivity index (χ1) is 8.89. The fourth-order valence-electron chi connectivity index (χ4n) is 2.83. The number of esters is 2. The van der Waals surface area contributed by atoms with Gasteiger partial charge in [-0.3, -0.25) is 9.59 Å². The van der Waals surface area contributed by atoms with Gasteiger partial charge < -0.3 is 9.47 Å². The van der Waals surface area contributed by atoms with Gasteiger partial charge in [-0.25, -0.2) is 0 Å². The monoisotopic (exact) mass is 268 g/mol. The highest BCUT2D eigenvalue weighted by atomic mass is 16.6. The van der Waals surface area contributed by atoms with Crippen LogP contribution in [0.4, 0.5) is 0 Å². The van der Waals surface area contributed by atoms with E-state index in [1.807, 2.05) is 20.8 Å². The second-order valence-electron chi connectivity index (χ2n) is 6.42. The molecule has 1 aliphatic heterocycles. The fourth-order valence-corrected chi connectivity index (χ4v) is 2.83. The van der Waals surface area contributed by atoms with Gasteiger partial charge in [0.1, 0.15) is 11.7 Å². The Morgan fingerprint density at radius 3 is 2.53 bits per heavy atom. The lowest BCUT2D eigenvalue weighted by Crippen LogP contribution is -2.46. The third kappa shape index (κ3) is 2.77. The SMILES string of the molecule is CCC(C)(C)C(=O)OC1(C2CCC(=O)O2)CCCC1. The molecule has 4 nitrogen and oxygen atoms in total. The van der Waals surface area contributed by atoms with E-state index in [0.717, 1.165) is 32.1 Å². The van der Waals surface area contributed by atoms with Gasteiger partial charge in [-0.15, -0.1) is 0 Å². The molecule has 0 aromatic rings. The van der Waals surface area contributed by atoms with Crippen molar-refractivity contribution in [1.29, 1.82) is 0 Å². The van der Waals surface area contributed by atoms with Crippen LogP contribution in [0.25, 0.3) is 0 Å². The van der Waals surface area contributed by atoms with E-state index >= 15 is 0 Å². The summed E-state index contributed by atoms with van der Waals surface area (Å²) in [5.74, 6) is -0.332. The Labute approximate surface area is 114 Å². The molecule has 2 rings (SSSR count). The molecule has 2 fully saturated rings. The molecular weight excluding hydrogens is 244 g/mol. The first kappa shape index (κ1) is 14.4. The maximum absolute atomic E-state index is 12.3. The van der Waals surface area contributed by atoms with Gasteiger partial charge in [0.15, 0.2) is 0 Å². The molecule has 2 aliphatic rings. The zero-order valence-electron chi connectivity index (χ0n) is 12.2. The van der Waals surface area contributed by atoms with E-state index in [4.69, 9.17) is 9.47 Å². The number of ether oxygens (including phenoxy) is 2. The lowest BCUT2D eigenvalue weighted by Gasteiger charge is -2.36. The smallest absolute Gasteiger partial charge is 0.312 e. The zero-order valence-corrected chi connectivity index (χ0v) is 12.2. The van der Waals surface area contributed by atoms with Gasteiger partial charge in [0, 0.05) is 6.42 Å². The highest BCUT2D eigenvalue weighted by Crippen LogP contribution is 2.42. The number of carbonyl (C=O) groups is 2. The van der Waals surface area contributed by atoms with Crippen LogP contribution in [-0.2, 0) is 19.1 Å². The number of carbonyl (C=O) groups excluding carboxylic acids is 2. The van der Waals surface area contributed by atoms with Crippen molar-refractivity contribution in [3.8, 4) is 0 Å². The van der Waals surface area contributed by atoms with Crippen molar-refractivity contribution in [2.24, 2.45) is 5.41 Å². The average molecular weight is 268 g/mol. The number of hydrogen-bond acceptors (Lipinski definition) is 4.